The Bertz CT molecular complexity index is 757. The number of para-hydroxylation sites is 3. The Morgan fingerprint density at radius 1 is 0.958 bits per heavy atom. The highest BCUT2D eigenvalue weighted by Gasteiger charge is 2.07. The van der Waals surface area contributed by atoms with E-state index in [0.717, 1.165) is 23.5 Å². The van der Waals surface area contributed by atoms with Crippen LogP contribution >= 0.6 is 0 Å². The molecule has 1 aromatic heterocycles. The van der Waals surface area contributed by atoms with Crippen LogP contribution in [0, 0.1) is 0 Å². The zero-order valence-corrected chi connectivity index (χ0v) is 13.7. The van der Waals surface area contributed by atoms with E-state index in [1.165, 1.54) is 5.56 Å². The number of ether oxygens (including phenoxy) is 1. The monoisotopic (exact) mass is 321 g/mol. The summed E-state index contributed by atoms with van der Waals surface area (Å²) in [5.41, 5.74) is 3.02. The number of benzene rings is 2. The van der Waals surface area contributed by atoms with Gasteiger partial charge >= 0.3 is 0 Å². The normalized spacial score (nSPS) is 10.2. The predicted octanol–water partition coefficient (Wildman–Crippen LogP) is 3.93. The first kappa shape index (κ1) is 15.7. The Morgan fingerprint density at radius 2 is 1.71 bits per heavy atom. The smallest absolute Gasteiger partial charge is 0.249 e. The number of anilines is 4. The highest BCUT2D eigenvalue weighted by atomic mass is 16.5. The molecule has 3 aromatic rings. The molecule has 6 nitrogen and oxygen atoms in total. The molecule has 0 atom stereocenters. The molecule has 0 radical (unpaired) electrons. The largest absolute Gasteiger partial charge is 0.495 e. The van der Waals surface area contributed by atoms with Gasteiger partial charge < -0.3 is 15.4 Å². The third kappa shape index (κ3) is 3.60. The zero-order valence-electron chi connectivity index (χ0n) is 13.7. The average molecular weight is 321 g/mol. The molecule has 1 heterocycles. The van der Waals surface area contributed by atoms with Crippen molar-refractivity contribution >= 4 is 23.1 Å². The fourth-order valence-electron chi connectivity index (χ4n) is 2.37. The second-order valence-corrected chi connectivity index (χ2v) is 5.13. The quantitative estimate of drug-likeness (QED) is 0.717. The van der Waals surface area contributed by atoms with Crippen molar-refractivity contribution in [3.8, 4) is 5.75 Å². The summed E-state index contributed by atoms with van der Waals surface area (Å²) >= 11 is 0. The minimum atomic E-state index is 0.401. The summed E-state index contributed by atoms with van der Waals surface area (Å²) < 4.78 is 5.32. The molecule has 0 amide bonds. The Kier molecular flexibility index (Phi) is 4.86. The van der Waals surface area contributed by atoms with E-state index in [4.69, 9.17) is 4.74 Å². The van der Waals surface area contributed by atoms with Crippen LogP contribution in [0.5, 0.6) is 5.75 Å². The van der Waals surface area contributed by atoms with Gasteiger partial charge in [-0.1, -0.05) is 37.3 Å². The topological polar surface area (TPSA) is 72.0 Å². The maximum Gasteiger partial charge on any atom is 0.249 e. The fraction of sp³-hybridized carbons (Fsp3) is 0.167. The van der Waals surface area contributed by atoms with Gasteiger partial charge in [0, 0.05) is 5.69 Å². The number of hydrogen-bond acceptors (Lipinski definition) is 6. The van der Waals surface area contributed by atoms with Crippen LogP contribution in [0.15, 0.2) is 54.7 Å². The van der Waals surface area contributed by atoms with Gasteiger partial charge in [-0.25, -0.2) is 0 Å². The van der Waals surface area contributed by atoms with Crippen molar-refractivity contribution in [2.75, 3.05) is 17.7 Å². The van der Waals surface area contributed by atoms with Crippen LogP contribution in [-0.4, -0.2) is 22.3 Å². The van der Waals surface area contributed by atoms with Gasteiger partial charge in [0.1, 0.15) is 5.75 Å². The van der Waals surface area contributed by atoms with Crippen molar-refractivity contribution in [3.05, 3.63) is 60.3 Å². The number of aromatic nitrogens is 3. The van der Waals surface area contributed by atoms with Crippen LogP contribution in [0.1, 0.15) is 12.5 Å². The first-order valence-corrected chi connectivity index (χ1v) is 7.75. The molecular weight excluding hydrogens is 302 g/mol. The van der Waals surface area contributed by atoms with E-state index in [9.17, 15) is 0 Å². The maximum absolute atomic E-state index is 5.32. The molecule has 122 valence electrons. The standard InChI is InChI=1S/C18H19N5O/c1-3-13-8-4-5-9-14(13)20-17-12-19-23-18(22-17)21-15-10-6-7-11-16(15)24-2/h4-12H,3H2,1-2H3,(H2,20,21,22,23). The molecule has 0 saturated heterocycles. The van der Waals surface area contributed by atoms with E-state index >= 15 is 0 Å². The summed E-state index contributed by atoms with van der Waals surface area (Å²) in [6.45, 7) is 2.12. The first-order chi connectivity index (χ1) is 11.8. The summed E-state index contributed by atoms with van der Waals surface area (Å²) in [6.07, 6.45) is 2.54. The minimum Gasteiger partial charge on any atom is -0.495 e. The molecule has 0 unspecified atom stereocenters. The predicted molar refractivity (Wildman–Crippen MR) is 95.2 cm³/mol. The molecule has 0 spiro atoms. The molecule has 0 aliphatic rings. The fourth-order valence-corrected chi connectivity index (χ4v) is 2.37. The van der Waals surface area contributed by atoms with Gasteiger partial charge in [-0.05, 0) is 30.2 Å². The van der Waals surface area contributed by atoms with Gasteiger partial charge in [0.15, 0.2) is 5.82 Å². The summed E-state index contributed by atoms with van der Waals surface area (Å²) in [5, 5.41) is 14.5. The Balaban J connectivity index is 1.82. The minimum absolute atomic E-state index is 0.401. The van der Waals surface area contributed by atoms with E-state index in [2.05, 4.69) is 38.8 Å². The Morgan fingerprint density at radius 3 is 2.50 bits per heavy atom. The molecule has 0 aliphatic heterocycles. The third-order valence-electron chi connectivity index (χ3n) is 3.57. The number of nitrogens with zero attached hydrogens (tertiary/aromatic N) is 3. The molecule has 0 saturated carbocycles. The van der Waals surface area contributed by atoms with Gasteiger partial charge in [0.2, 0.25) is 5.95 Å². The molecule has 2 N–H and O–H groups in total. The molecule has 0 bridgehead atoms. The van der Waals surface area contributed by atoms with Gasteiger partial charge in [-0.2, -0.15) is 10.1 Å². The zero-order chi connectivity index (χ0) is 16.8. The van der Waals surface area contributed by atoms with Gasteiger partial charge in [0.25, 0.3) is 0 Å². The van der Waals surface area contributed by atoms with E-state index in [1.807, 2.05) is 42.5 Å². The lowest BCUT2D eigenvalue weighted by atomic mass is 10.1. The Labute approximate surface area is 140 Å². The average Bonchev–Trinajstić information content (AvgIpc) is 2.63. The summed E-state index contributed by atoms with van der Waals surface area (Å²) in [5.74, 6) is 1.75. The highest BCUT2D eigenvalue weighted by Crippen LogP contribution is 2.26. The third-order valence-corrected chi connectivity index (χ3v) is 3.57. The number of aryl methyl sites for hydroxylation is 1. The number of methoxy groups -OCH3 is 1. The molecule has 6 heteroatoms. The van der Waals surface area contributed by atoms with Crippen LogP contribution in [0.25, 0.3) is 0 Å². The van der Waals surface area contributed by atoms with Crippen LogP contribution in [-0.2, 0) is 6.42 Å². The second-order valence-electron chi connectivity index (χ2n) is 5.13. The van der Waals surface area contributed by atoms with Crippen LogP contribution in [0.4, 0.5) is 23.1 Å². The molecule has 3 rings (SSSR count). The van der Waals surface area contributed by atoms with Crippen LogP contribution < -0.4 is 15.4 Å². The molecule has 2 aromatic carbocycles. The summed E-state index contributed by atoms with van der Waals surface area (Å²) in [7, 11) is 1.62. The van der Waals surface area contributed by atoms with Crippen molar-refractivity contribution in [2.45, 2.75) is 13.3 Å². The Hall–Kier alpha value is -3.15. The lowest BCUT2D eigenvalue weighted by Gasteiger charge is -2.12. The van der Waals surface area contributed by atoms with E-state index < -0.39 is 0 Å². The molecule has 24 heavy (non-hydrogen) atoms. The molecule has 0 fully saturated rings. The van der Waals surface area contributed by atoms with Crippen molar-refractivity contribution < 1.29 is 4.74 Å². The van der Waals surface area contributed by atoms with Crippen molar-refractivity contribution in [2.24, 2.45) is 0 Å². The summed E-state index contributed by atoms with van der Waals surface area (Å²) in [6, 6.07) is 15.7. The SMILES string of the molecule is CCc1ccccc1Nc1cnnc(Nc2ccccc2OC)n1. The number of hydrogen-bond donors (Lipinski definition) is 2. The van der Waals surface area contributed by atoms with Crippen molar-refractivity contribution in [3.63, 3.8) is 0 Å². The van der Waals surface area contributed by atoms with Crippen molar-refractivity contribution in [1.29, 1.82) is 0 Å². The summed E-state index contributed by atoms with van der Waals surface area (Å²) in [4.78, 5) is 4.46. The van der Waals surface area contributed by atoms with Gasteiger partial charge in [-0.15, -0.1) is 5.10 Å². The van der Waals surface area contributed by atoms with Crippen LogP contribution in [0.2, 0.25) is 0 Å². The number of rotatable bonds is 6. The van der Waals surface area contributed by atoms with E-state index in [1.54, 1.807) is 13.3 Å². The highest BCUT2D eigenvalue weighted by molar-refractivity contribution is 5.64. The van der Waals surface area contributed by atoms with E-state index in [-0.39, 0.29) is 0 Å². The van der Waals surface area contributed by atoms with Gasteiger partial charge in [0.05, 0.1) is 19.0 Å². The first-order valence-electron chi connectivity index (χ1n) is 7.75. The van der Waals surface area contributed by atoms with Crippen molar-refractivity contribution in [1.82, 2.24) is 15.2 Å². The van der Waals surface area contributed by atoms with E-state index in [0.29, 0.717) is 11.8 Å². The lowest BCUT2D eigenvalue weighted by Crippen LogP contribution is -2.04. The maximum atomic E-state index is 5.32. The number of nitrogens with one attached hydrogen (secondary N) is 2. The molecule has 0 aliphatic carbocycles. The second kappa shape index (κ2) is 7.41. The van der Waals surface area contributed by atoms with Gasteiger partial charge in [-0.3, -0.25) is 0 Å². The van der Waals surface area contributed by atoms with Crippen LogP contribution in [0.3, 0.4) is 0 Å². The lowest BCUT2D eigenvalue weighted by molar-refractivity contribution is 0.417. The molecular formula is C18H19N5O.